The van der Waals surface area contributed by atoms with Crippen LogP contribution in [-0.2, 0) is 0 Å². The van der Waals surface area contributed by atoms with Gasteiger partial charge in [0.15, 0.2) is 11.6 Å². The Balaban J connectivity index is 2.39. The molecule has 0 atom stereocenters. The van der Waals surface area contributed by atoms with E-state index < -0.39 is 11.6 Å². The summed E-state index contributed by atoms with van der Waals surface area (Å²) in [6, 6.07) is 6.85. The average molecular weight is 392 g/mol. The molecule has 0 amide bonds. The van der Waals surface area contributed by atoms with Crippen molar-refractivity contribution < 1.29 is 18.3 Å². The molecule has 0 N–H and O–H groups in total. The molecule has 2 aromatic rings. The highest BCUT2D eigenvalue weighted by molar-refractivity contribution is 9.10. The fourth-order valence-electron chi connectivity index (χ4n) is 1.40. The zero-order valence-corrected chi connectivity index (χ0v) is 12.5. The number of halogens is 4. The van der Waals surface area contributed by atoms with Crippen molar-refractivity contribution in [3.05, 3.63) is 56.5 Å². The van der Waals surface area contributed by atoms with Gasteiger partial charge in [-0.25, -0.2) is 4.39 Å². The van der Waals surface area contributed by atoms with Gasteiger partial charge in [0.1, 0.15) is 12.0 Å². The molecule has 0 radical (unpaired) electrons. The van der Waals surface area contributed by atoms with Crippen LogP contribution in [0.1, 0.15) is 10.4 Å². The Kier molecular flexibility index (Phi) is 4.31. The van der Waals surface area contributed by atoms with Crippen LogP contribution in [0.25, 0.3) is 0 Å². The highest BCUT2D eigenvalue weighted by atomic mass is 79.9. The first-order valence-electron chi connectivity index (χ1n) is 5.08. The van der Waals surface area contributed by atoms with Crippen LogP contribution in [0.3, 0.4) is 0 Å². The molecular weight excluding hydrogens is 386 g/mol. The number of carbonyl (C=O) groups is 1. The summed E-state index contributed by atoms with van der Waals surface area (Å²) >= 11 is 6.25. The van der Waals surface area contributed by atoms with E-state index in [0.29, 0.717) is 20.8 Å². The van der Waals surface area contributed by atoms with Crippen LogP contribution in [0.5, 0.6) is 11.5 Å². The average Bonchev–Trinajstić information content (AvgIpc) is 2.37. The van der Waals surface area contributed by atoms with E-state index in [1.807, 2.05) is 0 Å². The largest absolute Gasteiger partial charge is 0.453 e. The van der Waals surface area contributed by atoms with Gasteiger partial charge in [0, 0.05) is 10.0 Å². The standard InChI is InChI=1S/C13H6Br2F2O2/c14-8-4-10(16)13(17)12(5-8)19-11-2-1-7(6-18)3-9(11)15/h1-6H. The van der Waals surface area contributed by atoms with Gasteiger partial charge in [-0.15, -0.1) is 0 Å². The van der Waals surface area contributed by atoms with E-state index >= 15 is 0 Å². The Morgan fingerprint density at radius 2 is 1.79 bits per heavy atom. The maximum Gasteiger partial charge on any atom is 0.201 e. The predicted molar refractivity (Wildman–Crippen MR) is 73.7 cm³/mol. The van der Waals surface area contributed by atoms with Gasteiger partial charge in [-0.3, -0.25) is 4.79 Å². The SMILES string of the molecule is O=Cc1ccc(Oc2cc(Br)cc(F)c2F)c(Br)c1. The number of ether oxygens (including phenoxy) is 1. The molecular formula is C13H6Br2F2O2. The summed E-state index contributed by atoms with van der Waals surface area (Å²) in [4.78, 5) is 10.6. The minimum absolute atomic E-state index is 0.244. The van der Waals surface area contributed by atoms with E-state index in [0.717, 1.165) is 6.07 Å². The quantitative estimate of drug-likeness (QED) is 0.537. The van der Waals surface area contributed by atoms with Gasteiger partial charge in [0.2, 0.25) is 5.82 Å². The normalized spacial score (nSPS) is 10.3. The second-order valence-electron chi connectivity index (χ2n) is 3.61. The molecule has 0 aromatic heterocycles. The molecule has 0 aliphatic rings. The van der Waals surface area contributed by atoms with E-state index in [-0.39, 0.29) is 11.5 Å². The lowest BCUT2D eigenvalue weighted by molar-refractivity contribution is 0.112. The number of benzene rings is 2. The molecule has 19 heavy (non-hydrogen) atoms. The third-order valence-corrected chi connectivity index (χ3v) is 3.35. The third kappa shape index (κ3) is 3.19. The molecule has 0 saturated heterocycles. The molecule has 0 aliphatic heterocycles. The lowest BCUT2D eigenvalue weighted by atomic mass is 10.2. The summed E-state index contributed by atoms with van der Waals surface area (Å²) in [5.74, 6) is -2.05. The zero-order chi connectivity index (χ0) is 14.0. The van der Waals surface area contributed by atoms with Gasteiger partial charge in [-0.1, -0.05) is 15.9 Å². The molecule has 0 aliphatic carbocycles. The zero-order valence-electron chi connectivity index (χ0n) is 9.29. The summed E-state index contributed by atoms with van der Waals surface area (Å²) in [7, 11) is 0. The Hall–Kier alpha value is -1.27. The van der Waals surface area contributed by atoms with Crippen LogP contribution < -0.4 is 4.74 Å². The molecule has 0 saturated carbocycles. The predicted octanol–water partition coefficient (Wildman–Crippen LogP) is 5.09. The molecule has 2 nitrogen and oxygen atoms in total. The fraction of sp³-hybridized carbons (Fsp3) is 0. The number of hydrogen-bond donors (Lipinski definition) is 0. The van der Waals surface area contributed by atoms with Crippen molar-refractivity contribution in [2.75, 3.05) is 0 Å². The lowest BCUT2D eigenvalue weighted by Crippen LogP contribution is -1.93. The smallest absolute Gasteiger partial charge is 0.201 e. The molecule has 2 aromatic carbocycles. The van der Waals surface area contributed by atoms with Gasteiger partial charge >= 0.3 is 0 Å². The van der Waals surface area contributed by atoms with Crippen molar-refractivity contribution in [2.45, 2.75) is 0 Å². The monoisotopic (exact) mass is 390 g/mol. The van der Waals surface area contributed by atoms with Crippen molar-refractivity contribution in [1.82, 2.24) is 0 Å². The summed E-state index contributed by atoms with van der Waals surface area (Å²) in [5.41, 5.74) is 0.445. The van der Waals surface area contributed by atoms with Crippen molar-refractivity contribution in [2.24, 2.45) is 0 Å². The Morgan fingerprint density at radius 1 is 1.05 bits per heavy atom. The Morgan fingerprint density at radius 3 is 2.42 bits per heavy atom. The van der Waals surface area contributed by atoms with Crippen LogP contribution >= 0.6 is 31.9 Å². The molecule has 0 spiro atoms. The highest BCUT2D eigenvalue weighted by Crippen LogP contribution is 2.33. The maximum atomic E-state index is 13.6. The first-order valence-corrected chi connectivity index (χ1v) is 6.67. The van der Waals surface area contributed by atoms with Crippen LogP contribution in [0.2, 0.25) is 0 Å². The van der Waals surface area contributed by atoms with E-state index in [1.54, 1.807) is 0 Å². The van der Waals surface area contributed by atoms with Crippen molar-refractivity contribution in [1.29, 1.82) is 0 Å². The molecule has 98 valence electrons. The summed E-state index contributed by atoms with van der Waals surface area (Å²) in [6.45, 7) is 0. The van der Waals surface area contributed by atoms with E-state index in [4.69, 9.17) is 4.74 Å². The van der Waals surface area contributed by atoms with Gasteiger partial charge in [0.25, 0.3) is 0 Å². The second kappa shape index (κ2) is 5.79. The number of aldehydes is 1. The topological polar surface area (TPSA) is 26.3 Å². The molecule has 0 unspecified atom stereocenters. The van der Waals surface area contributed by atoms with Crippen molar-refractivity contribution in [3.63, 3.8) is 0 Å². The molecule has 6 heteroatoms. The molecule has 0 heterocycles. The van der Waals surface area contributed by atoms with Crippen LogP contribution in [0, 0.1) is 11.6 Å². The fourth-order valence-corrected chi connectivity index (χ4v) is 2.28. The van der Waals surface area contributed by atoms with E-state index in [1.165, 1.54) is 24.3 Å². The summed E-state index contributed by atoms with van der Waals surface area (Å²) in [5, 5.41) is 0. The molecule has 2 rings (SSSR count). The van der Waals surface area contributed by atoms with E-state index in [9.17, 15) is 13.6 Å². The van der Waals surface area contributed by atoms with Crippen LogP contribution in [0.4, 0.5) is 8.78 Å². The highest BCUT2D eigenvalue weighted by Gasteiger charge is 2.13. The number of carbonyl (C=O) groups excluding carboxylic acids is 1. The van der Waals surface area contributed by atoms with Crippen molar-refractivity contribution >= 4 is 38.1 Å². The number of rotatable bonds is 3. The summed E-state index contributed by atoms with van der Waals surface area (Å²) < 4.78 is 32.9. The summed E-state index contributed by atoms with van der Waals surface area (Å²) in [6.07, 6.45) is 0.675. The van der Waals surface area contributed by atoms with Gasteiger partial charge in [0.05, 0.1) is 4.47 Å². The van der Waals surface area contributed by atoms with Crippen LogP contribution in [-0.4, -0.2) is 6.29 Å². The van der Waals surface area contributed by atoms with Crippen molar-refractivity contribution in [3.8, 4) is 11.5 Å². The Labute approximate surface area is 124 Å². The first kappa shape index (κ1) is 14.1. The minimum Gasteiger partial charge on any atom is -0.453 e. The van der Waals surface area contributed by atoms with Gasteiger partial charge < -0.3 is 4.74 Å². The maximum absolute atomic E-state index is 13.6. The van der Waals surface area contributed by atoms with Crippen LogP contribution in [0.15, 0.2) is 39.3 Å². The Bertz CT molecular complexity index is 645. The molecule has 0 fully saturated rings. The first-order chi connectivity index (χ1) is 9.01. The lowest BCUT2D eigenvalue weighted by Gasteiger charge is -2.09. The van der Waals surface area contributed by atoms with Gasteiger partial charge in [-0.2, -0.15) is 4.39 Å². The molecule has 0 bridgehead atoms. The van der Waals surface area contributed by atoms with Gasteiger partial charge in [-0.05, 0) is 46.3 Å². The van der Waals surface area contributed by atoms with E-state index in [2.05, 4.69) is 31.9 Å². The number of hydrogen-bond acceptors (Lipinski definition) is 2. The minimum atomic E-state index is -1.07. The third-order valence-electron chi connectivity index (χ3n) is 2.27. The second-order valence-corrected chi connectivity index (χ2v) is 5.38.